The van der Waals surface area contributed by atoms with E-state index in [2.05, 4.69) is 0 Å². The van der Waals surface area contributed by atoms with E-state index in [0.717, 1.165) is 0 Å². The number of carbonyl (C=O) groups is 2. The van der Waals surface area contributed by atoms with Crippen molar-refractivity contribution in [2.24, 2.45) is 23.7 Å². The molecule has 3 aliphatic heterocycles. The Balaban J connectivity index is 2.18. The van der Waals surface area contributed by atoms with Crippen LogP contribution >= 0.6 is 0 Å². The zero-order valence-corrected chi connectivity index (χ0v) is 32.9. The molecule has 3 rings (SSSR count). The highest BCUT2D eigenvalue weighted by molar-refractivity contribution is 5.83. The Bertz CT molecular complexity index is 1170. The first-order valence-corrected chi connectivity index (χ1v) is 18.5. The number of Topliss-reactive ketones (excluding diaryl/α,β-unsaturated/α-hetero) is 1. The maximum absolute atomic E-state index is 14.1. The van der Waals surface area contributed by atoms with Gasteiger partial charge in [0.2, 0.25) is 0 Å². The van der Waals surface area contributed by atoms with Crippen LogP contribution in [0.25, 0.3) is 0 Å². The number of ketones is 1. The number of hydrogen-bond donors (Lipinski definition) is 5. The fourth-order valence-corrected chi connectivity index (χ4v) is 8.41. The average Bonchev–Trinajstić information content (AvgIpc) is 3.05. The number of aliphatic hydroxyl groups is 5. The van der Waals surface area contributed by atoms with E-state index in [9.17, 15) is 35.1 Å². The minimum absolute atomic E-state index is 0.0936. The average molecular weight is 734 g/mol. The van der Waals surface area contributed by atoms with Gasteiger partial charge in [-0.3, -0.25) is 9.59 Å². The summed E-state index contributed by atoms with van der Waals surface area (Å²) in [5.74, 6) is -4.98. The quantitative estimate of drug-likeness (QED) is 0.238. The Hall–Kier alpha value is -1.30. The fourth-order valence-electron chi connectivity index (χ4n) is 8.41. The van der Waals surface area contributed by atoms with E-state index in [0.29, 0.717) is 6.42 Å². The topological polar surface area (TPSA) is 194 Å². The number of esters is 1. The van der Waals surface area contributed by atoms with Gasteiger partial charge < -0.3 is 58.9 Å². The van der Waals surface area contributed by atoms with Crippen LogP contribution in [0, 0.1) is 23.7 Å². The Kier molecular flexibility index (Phi) is 14.7. The number of cyclic esters (lactones) is 1. The summed E-state index contributed by atoms with van der Waals surface area (Å²) in [5.41, 5.74) is -4.84. The van der Waals surface area contributed by atoms with E-state index in [1.54, 1.807) is 41.5 Å². The maximum Gasteiger partial charge on any atom is 0.311 e. The largest absolute Gasteiger partial charge is 0.459 e. The van der Waals surface area contributed by atoms with E-state index in [-0.39, 0.29) is 31.4 Å². The van der Waals surface area contributed by atoms with Crippen LogP contribution in [0.4, 0.5) is 0 Å². The van der Waals surface area contributed by atoms with E-state index < -0.39 is 108 Å². The molecule has 0 bridgehead atoms. The van der Waals surface area contributed by atoms with Gasteiger partial charge in [0.1, 0.15) is 29.7 Å². The van der Waals surface area contributed by atoms with Gasteiger partial charge >= 0.3 is 5.97 Å². The number of nitrogens with zero attached hydrogens (tertiary/aromatic N) is 1. The van der Waals surface area contributed by atoms with Gasteiger partial charge in [-0.1, -0.05) is 27.7 Å². The van der Waals surface area contributed by atoms with Crippen molar-refractivity contribution in [1.29, 1.82) is 0 Å². The SMILES string of the molecule is CC[C@H]1OC(=O)[C@H](C)[C@@H](O[C@H]2CC(C)(OC)[C@@H](O)C(C)O2)C(C)[C@@H](O[C@@H]2OC(C)CC(N(C)C)C2O)[C@](C)(O)CC(C)C(=O)[C@H](C)[C@@H](O)[C@]1(C)O. The molecule has 7 unspecified atom stereocenters. The van der Waals surface area contributed by atoms with E-state index in [1.165, 1.54) is 27.9 Å². The molecule has 298 valence electrons. The molecule has 14 heteroatoms. The predicted octanol–water partition coefficient (Wildman–Crippen LogP) is 1.79. The molecule has 0 aromatic rings. The second kappa shape index (κ2) is 17.0. The van der Waals surface area contributed by atoms with E-state index in [4.69, 9.17) is 28.4 Å². The summed E-state index contributed by atoms with van der Waals surface area (Å²) < 4.78 is 37.1. The first kappa shape index (κ1) is 44.1. The Morgan fingerprint density at radius 1 is 0.882 bits per heavy atom. The van der Waals surface area contributed by atoms with Gasteiger partial charge in [-0.2, -0.15) is 0 Å². The Morgan fingerprint density at radius 3 is 2.04 bits per heavy atom. The van der Waals surface area contributed by atoms with Crippen molar-refractivity contribution in [2.75, 3.05) is 21.2 Å². The van der Waals surface area contributed by atoms with Crippen molar-refractivity contribution in [1.82, 2.24) is 4.90 Å². The lowest BCUT2D eigenvalue weighted by atomic mass is 9.74. The van der Waals surface area contributed by atoms with Gasteiger partial charge in [-0.25, -0.2) is 0 Å². The summed E-state index contributed by atoms with van der Waals surface area (Å²) in [4.78, 5) is 29.8. The standard InChI is InChI=1S/C37H67NO13/c1-14-25-37(10,45)30(41)20(4)27(39)18(2)16-35(8,44)32(51-34-28(40)24(38(11)12)15-19(3)47-34)21(5)29(22(6)33(43)49-25)50-26-17-36(9,46-13)31(42)23(7)48-26/h18-26,28-32,34,40-42,44-45H,14-17H2,1-13H3/t18?,19?,20-,21?,22+,23?,24?,25+,26-,28?,29-,30+,31-,32+,34-,35+,36?,37+/m0/s1. The molecule has 3 heterocycles. The van der Waals surface area contributed by atoms with Crippen LogP contribution in [0.5, 0.6) is 0 Å². The summed E-state index contributed by atoms with van der Waals surface area (Å²) in [6.07, 6.45) is -9.71. The lowest BCUT2D eigenvalue weighted by molar-refractivity contribution is -0.318. The number of hydrogen-bond acceptors (Lipinski definition) is 14. The van der Waals surface area contributed by atoms with Gasteiger partial charge in [0.15, 0.2) is 12.6 Å². The molecule has 3 fully saturated rings. The van der Waals surface area contributed by atoms with Crippen LogP contribution in [0.3, 0.4) is 0 Å². The highest BCUT2D eigenvalue weighted by atomic mass is 16.7. The molecule has 5 N–H and O–H groups in total. The van der Waals surface area contributed by atoms with Crippen molar-refractivity contribution in [2.45, 2.75) is 179 Å². The van der Waals surface area contributed by atoms with Gasteiger partial charge in [-0.15, -0.1) is 0 Å². The van der Waals surface area contributed by atoms with Crippen molar-refractivity contribution >= 4 is 11.8 Å². The Morgan fingerprint density at radius 2 is 1.49 bits per heavy atom. The zero-order valence-electron chi connectivity index (χ0n) is 32.9. The smallest absolute Gasteiger partial charge is 0.311 e. The number of ether oxygens (including phenoxy) is 6. The molecule has 3 saturated heterocycles. The monoisotopic (exact) mass is 733 g/mol. The molecule has 51 heavy (non-hydrogen) atoms. The molecule has 18 atom stereocenters. The van der Waals surface area contributed by atoms with Crippen LogP contribution in [0.2, 0.25) is 0 Å². The van der Waals surface area contributed by atoms with Crippen molar-refractivity contribution < 1.29 is 63.5 Å². The second-order valence-electron chi connectivity index (χ2n) is 16.5. The van der Waals surface area contributed by atoms with Crippen LogP contribution in [0.15, 0.2) is 0 Å². The molecule has 0 aromatic carbocycles. The van der Waals surface area contributed by atoms with Crippen LogP contribution in [0.1, 0.15) is 94.9 Å². The molecular formula is C37H67NO13. The van der Waals surface area contributed by atoms with Crippen LogP contribution in [-0.2, 0) is 38.0 Å². The van der Waals surface area contributed by atoms with E-state index >= 15 is 0 Å². The fraction of sp³-hybridized carbons (Fsp3) is 0.946. The Labute approximate surface area is 304 Å². The maximum atomic E-state index is 14.1. The second-order valence-corrected chi connectivity index (χ2v) is 16.5. The number of methoxy groups -OCH3 is 1. The molecule has 0 spiro atoms. The van der Waals surface area contributed by atoms with Gasteiger partial charge in [-0.05, 0) is 74.9 Å². The molecule has 0 aromatic heterocycles. The summed E-state index contributed by atoms with van der Waals surface area (Å²) >= 11 is 0. The molecule has 0 saturated carbocycles. The molecule has 3 aliphatic rings. The van der Waals surface area contributed by atoms with Crippen LogP contribution in [-0.4, -0.2) is 148 Å². The summed E-state index contributed by atoms with van der Waals surface area (Å²) in [6.45, 7) is 16.3. The number of rotatable bonds is 7. The summed E-state index contributed by atoms with van der Waals surface area (Å²) in [7, 11) is 5.18. The highest BCUT2D eigenvalue weighted by Crippen LogP contribution is 2.40. The predicted molar refractivity (Wildman–Crippen MR) is 186 cm³/mol. The first-order valence-electron chi connectivity index (χ1n) is 18.5. The molecular weight excluding hydrogens is 666 g/mol. The molecule has 0 amide bonds. The van der Waals surface area contributed by atoms with Gasteiger partial charge in [0, 0.05) is 37.3 Å². The molecule has 0 aliphatic carbocycles. The lowest BCUT2D eigenvalue weighted by Crippen LogP contribution is -2.61. The van der Waals surface area contributed by atoms with Crippen molar-refractivity contribution in [3.8, 4) is 0 Å². The number of likely N-dealkylation sites (N-methyl/N-ethyl adjacent to an activating group) is 1. The van der Waals surface area contributed by atoms with E-state index in [1.807, 2.05) is 25.9 Å². The summed E-state index contributed by atoms with van der Waals surface area (Å²) in [6, 6.07) is -0.324. The lowest BCUT2D eigenvalue weighted by Gasteiger charge is -2.49. The van der Waals surface area contributed by atoms with Crippen molar-refractivity contribution in [3.05, 3.63) is 0 Å². The summed E-state index contributed by atoms with van der Waals surface area (Å²) in [5, 5.41) is 57.6. The third-order valence-corrected chi connectivity index (χ3v) is 11.8. The zero-order chi connectivity index (χ0) is 39.0. The minimum Gasteiger partial charge on any atom is -0.459 e. The van der Waals surface area contributed by atoms with Crippen LogP contribution < -0.4 is 0 Å². The van der Waals surface area contributed by atoms with Crippen molar-refractivity contribution in [3.63, 3.8) is 0 Å². The third-order valence-electron chi connectivity index (χ3n) is 11.8. The first-order chi connectivity index (χ1) is 23.4. The minimum atomic E-state index is -1.99. The number of carbonyl (C=O) groups excluding carboxylic acids is 2. The third kappa shape index (κ3) is 9.51. The van der Waals surface area contributed by atoms with Gasteiger partial charge in [0.05, 0.1) is 47.6 Å². The molecule has 14 nitrogen and oxygen atoms in total. The normalized spacial score (nSPS) is 49.7. The highest BCUT2D eigenvalue weighted by Gasteiger charge is 2.53. The molecule has 0 radical (unpaired) electrons. The number of aliphatic hydroxyl groups excluding tert-OH is 3. The van der Waals surface area contributed by atoms with Gasteiger partial charge in [0.25, 0.3) is 0 Å².